The van der Waals surface area contributed by atoms with Crippen LogP contribution in [0, 0.1) is 16.0 Å². The third-order valence-corrected chi connectivity index (χ3v) is 10.5. The first-order valence-electron chi connectivity index (χ1n) is 14.0. The summed E-state index contributed by atoms with van der Waals surface area (Å²) in [6, 6.07) is 16.7. The molecule has 1 saturated heterocycles. The van der Waals surface area contributed by atoms with E-state index in [9.17, 15) is 42.5 Å². The van der Waals surface area contributed by atoms with Crippen molar-refractivity contribution in [3.05, 3.63) is 109 Å². The Balaban J connectivity index is 1.40. The zero-order valence-corrected chi connectivity index (χ0v) is 26.2. The molecule has 0 radical (unpaired) electrons. The van der Waals surface area contributed by atoms with Gasteiger partial charge in [0.25, 0.3) is 5.69 Å². The summed E-state index contributed by atoms with van der Waals surface area (Å²) in [7, 11) is 3.71. The number of amides is 3. The van der Waals surface area contributed by atoms with E-state index in [2.05, 4.69) is 5.32 Å². The Morgan fingerprint density at radius 2 is 1.64 bits per heavy atom. The molecule has 0 spiro atoms. The lowest BCUT2D eigenvalue weighted by Crippen LogP contribution is -2.33. The fourth-order valence-corrected chi connectivity index (χ4v) is 8.52. The van der Waals surface area contributed by atoms with Gasteiger partial charge in [-0.1, -0.05) is 47.4 Å². The summed E-state index contributed by atoms with van der Waals surface area (Å²) in [4.78, 5) is 67.7. The number of hydrogen-bond acceptors (Lipinski definition) is 9. The maximum Gasteiger partial charge on any atom is 0.418 e. The highest BCUT2D eigenvalue weighted by Gasteiger charge is 2.57. The third kappa shape index (κ3) is 5.78. The largest absolute Gasteiger partial charge is 0.418 e. The number of alkyl halides is 3. The van der Waals surface area contributed by atoms with Crippen LogP contribution >= 0.6 is 23.1 Å². The van der Waals surface area contributed by atoms with Crippen LogP contribution in [0.25, 0.3) is 0 Å². The minimum absolute atomic E-state index is 0.144. The number of aromatic nitrogens is 1. The molecular weight excluding hydrogens is 659 g/mol. The van der Waals surface area contributed by atoms with Gasteiger partial charge in [0.15, 0.2) is 0 Å². The molecule has 2 aliphatic rings. The van der Waals surface area contributed by atoms with Crippen LogP contribution in [-0.4, -0.2) is 46.6 Å². The van der Waals surface area contributed by atoms with Gasteiger partial charge >= 0.3 is 11.0 Å². The molecule has 4 aromatic rings. The number of para-hydroxylation sites is 1. The second-order valence-corrected chi connectivity index (χ2v) is 13.2. The van der Waals surface area contributed by atoms with Crippen molar-refractivity contribution in [1.82, 2.24) is 4.57 Å². The molecule has 16 heteroatoms. The minimum atomic E-state index is -4.73. The van der Waals surface area contributed by atoms with Crippen molar-refractivity contribution in [1.29, 1.82) is 0 Å². The van der Waals surface area contributed by atoms with Gasteiger partial charge in [0, 0.05) is 42.7 Å². The quantitative estimate of drug-likeness (QED) is 0.157. The molecule has 6 rings (SSSR count). The number of anilines is 3. The van der Waals surface area contributed by atoms with Crippen LogP contribution in [0.3, 0.4) is 0 Å². The topological polar surface area (TPSA) is 135 Å². The summed E-state index contributed by atoms with van der Waals surface area (Å²) in [5, 5.41) is 12.7. The summed E-state index contributed by atoms with van der Waals surface area (Å²) in [5.74, 6) is -3.78. The molecule has 1 N–H and O–H groups in total. The molecule has 3 aromatic carbocycles. The Bertz CT molecular complexity index is 1970. The predicted octanol–water partition coefficient (Wildman–Crippen LogP) is 5.34. The number of thiazole rings is 1. The molecule has 0 bridgehead atoms. The van der Waals surface area contributed by atoms with E-state index in [1.807, 2.05) is 31.1 Å². The van der Waals surface area contributed by atoms with Crippen molar-refractivity contribution in [2.45, 2.75) is 28.9 Å². The lowest BCUT2D eigenvalue weighted by Gasteiger charge is -2.31. The molecule has 3 atom stereocenters. The smallest absolute Gasteiger partial charge is 0.378 e. The number of halogens is 3. The van der Waals surface area contributed by atoms with Crippen molar-refractivity contribution in [3.8, 4) is 0 Å². The van der Waals surface area contributed by atoms with Crippen molar-refractivity contribution in [2.75, 3.05) is 29.2 Å². The molecule has 1 aromatic heterocycles. The van der Waals surface area contributed by atoms with Gasteiger partial charge in [-0.3, -0.25) is 33.9 Å². The standard InChI is InChI=1S/C31H24F3N5O6S2/c1-36(2)17-9-7-16(8-10-17)23-24-25(28(42)38(27(24)41)18-11-13-19(14-12-18)39(44)45)46-29-26(23)47-30(43)37(29)15-22(40)35-21-6-4-3-5-20(21)31(32,33)34/h3-14,23-25H,15H2,1-2H3,(H,35,40). The van der Waals surface area contributed by atoms with Gasteiger partial charge in [-0.25, -0.2) is 4.90 Å². The zero-order chi connectivity index (χ0) is 33.8. The van der Waals surface area contributed by atoms with Crippen LogP contribution in [0.2, 0.25) is 0 Å². The summed E-state index contributed by atoms with van der Waals surface area (Å²) < 4.78 is 41.7. The lowest BCUT2D eigenvalue weighted by atomic mass is 9.83. The highest BCUT2D eigenvalue weighted by atomic mass is 32.2. The summed E-state index contributed by atoms with van der Waals surface area (Å²) in [5.41, 5.74) is -0.0991. The molecule has 3 amide bonds. The molecular formula is C31H24F3N5O6S2. The van der Waals surface area contributed by atoms with E-state index in [1.165, 1.54) is 36.4 Å². The van der Waals surface area contributed by atoms with Crippen LogP contribution in [0.5, 0.6) is 0 Å². The molecule has 0 saturated carbocycles. The zero-order valence-electron chi connectivity index (χ0n) is 24.6. The van der Waals surface area contributed by atoms with E-state index >= 15 is 0 Å². The maximum absolute atomic E-state index is 14.0. The van der Waals surface area contributed by atoms with Gasteiger partial charge in [0.1, 0.15) is 11.8 Å². The van der Waals surface area contributed by atoms with Crippen molar-refractivity contribution in [2.24, 2.45) is 5.92 Å². The summed E-state index contributed by atoms with van der Waals surface area (Å²) in [6.45, 7) is -0.637. The molecule has 11 nitrogen and oxygen atoms in total. The van der Waals surface area contributed by atoms with E-state index in [-0.39, 0.29) is 16.4 Å². The van der Waals surface area contributed by atoms with Crippen LogP contribution in [-0.2, 0) is 27.1 Å². The number of nitro benzene ring substituents is 1. The maximum atomic E-state index is 14.0. The summed E-state index contributed by atoms with van der Waals surface area (Å²) >= 11 is 1.74. The lowest BCUT2D eigenvalue weighted by molar-refractivity contribution is -0.384. The highest BCUT2D eigenvalue weighted by Crippen LogP contribution is 2.54. The number of nitrogens with one attached hydrogen (secondary N) is 1. The van der Waals surface area contributed by atoms with Gasteiger partial charge in [0.05, 0.1) is 32.8 Å². The van der Waals surface area contributed by atoms with Crippen molar-refractivity contribution in [3.63, 3.8) is 0 Å². The van der Waals surface area contributed by atoms with Gasteiger partial charge in [0.2, 0.25) is 17.7 Å². The average Bonchev–Trinajstić information content (AvgIpc) is 3.47. The summed E-state index contributed by atoms with van der Waals surface area (Å²) in [6.07, 6.45) is -4.73. The second kappa shape index (κ2) is 12.0. The predicted molar refractivity (Wildman–Crippen MR) is 170 cm³/mol. The van der Waals surface area contributed by atoms with Gasteiger partial charge in [-0.05, 0) is 42.0 Å². The van der Waals surface area contributed by atoms with Crippen LogP contribution < -0.4 is 20.0 Å². The van der Waals surface area contributed by atoms with E-state index < -0.39 is 68.6 Å². The van der Waals surface area contributed by atoms with E-state index in [4.69, 9.17) is 0 Å². The van der Waals surface area contributed by atoms with Gasteiger partial charge in [-0.2, -0.15) is 13.2 Å². The number of thioether (sulfide) groups is 1. The fourth-order valence-electron chi connectivity index (χ4n) is 5.74. The number of fused-ring (bicyclic) bond motifs is 2. The van der Waals surface area contributed by atoms with Crippen molar-refractivity contribution >= 4 is 63.6 Å². The van der Waals surface area contributed by atoms with Gasteiger partial charge in [-0.15, -0.1) is 0 Å². The Labute approximate surface area is 272 Å². The monoisotopic (exact) mass is 683 g/mol. The van der Waals surface area contributed by atoms with E-state index in [0.717, 1.165) is 50.4 Å². The fraction of sp³-hybridized carbons (Fsp3) is 0.226. The van der Waals surface area contributed by atoms with Crippen molar-refractivity contribution < 1.29 is 32.5 Å². The second-order valence-electron chi connectivity index (χ2n) is 11.0. The number of nitrogens with zero attached hydrogens (tertiary/aromatic N) is 4. The number of imide groups is 1. The number of carbonyl (C=O) groups excluding carboxylic acids is 3. The minimum Gasteiger partial charge on any atom is -0.378 e. The number of rotatable bonds is 7. The van der Waals surface area contributed by atoms with E-state index in [1.54, 1.807) is 12.1 Å². The Kier molecular flexibility index (Phi) is 8.17. The molecule has 2 aliphatic heterocycles. The Hall–Kier alpha value is -4.96. The first-order valence-corrected chi connectivity index (χ1v) is 15.7. The van der Waals surface area contributed by atoms with Crippen LogP contribution in [0.4, 0.5) is 35.9 Å². The number of hydrogen-bond donors (Lipinski definition) is 1. The number of carbonyl (C=O) groups is 3. The molecule has 1 fully saturated rings. The Morgan fingerprint density at radius 3 is 2.26 bits per heavy atom. The number of benzene rings is 3. The molecule has 47 heavy (non-hydrogen) atoms. The average molecular weight is 684 g/mol. The van der Waals surface area contributed by atoms with E-state index in [0.29, 0.717) is 10.4 Å². The normalized spacial score (nSPS) is 18.9. The first kappa shape index (κ1) is 32.0. The number of non-ortho nitro benzene ring substituents is 1. The van der Waals surface area contributed by atoms with Crippen LogP contribution in [0.15, 0.2) is 82.6 Å². The molecule has 242 valence electrons. The SMILES string of the molecule is CN(C)c1ccc(C2c3sc(=O)n(CC(=O)Nc4ccccc4C(F)(F)F)c3SC3C(=O)N(c4ccc([N+](=O)[O-])cc4)C(=O)C32)cc1. The molecule has 0 aliphatic carbocycles. The third-order valence-electron chi connectivity index (χ3n) is 7.94. The van der Waals surface area contributed by atoms with Gasteiger partial charge < -0.3 is 10.2 Å². The molecule has 3 heterocycles. The Morgan fingerprint density at radius 1 is 0.979 bits per heavy atom. The highest BCUT2D eigenvalue weighted by molar-refractivity contribution is 8.00. The molecule has 3 unspecified atom stereocenters. The van der Waals surface area contributed by atoms with Crippen LogP contribution in [0.1, 0.15) is 21.9 Å². The number of nitro groups is 1. The first-order chi connectivity index (χ1) is 22.3.